The lowest BCUT2D eigenvalue weighted by atomic mass is 10.0. The minimum absolute atomic E-state index is 0.370. The molecule has 0 heterocycles. The van der Waals surface area contributed by atoms with Gasteiger partial charge in [-0.05, 0) is 77.0 Å². The van der Waals surface area contributed by atoms with E-state index in [9.17, 15) is 0 Å². The molecule has 1 atom stereocenters. The lowest BCUT2D eigenvalue weighted by Gasteiger charge is -2.21. The number of aryl methyl sites for hydroxylation is 1. The highest BCUT2D eigenvalue weighted by Crippen LogP contribution is 2.44. The molecule has 2 nitrogen and oxygen atoms in total. The van der Waals surface area contributed by atoms with Crippen molar-refractivity contribution in [2.24, 2.45) is 5.92 Å². The van der Waals surface area contributed by atoms with Crippen LogP contribution in [0.5, 0.6) is 5.75 Å². The number of methoxy groups -OCH3 is 1. The standard InChI is InChI=1S/C18H20BrNO/c1-12-3-10-17(16(19)11-12)20-18(13-4-5-13)14-6-8-15(21-2)9-7-14/h3,6-11,13,18,20H,4-5H2,1-2H3. The Morgan fingerprint density at radius 1 is 1.14 bits per heavy atom. The third kappa shape index (κ3) is 3.41. The van der Waals surface area contributed by atoms with Crippen LogP contribution in [0.3, 0.4) is 0 Å². The van der Waals surface area contributed by atoms with Crippen molar-refractivity contribution in [3.8, 4) is 5.75 Å². The summed E-state index contributed by atoms with van der Waals surface area (Å²) in [7, 11) is 1.70. The number of anilines is 1. The SMILES string of the molecule is COc1ccc(C(Nc2ccc(C)cc2Br)C2CC2)cc1. The van der Waals surface area contributed by atoms with Gasteiger partial charge in [-0.3, -0.25) is 0 Å². The zero-order chi connectivity index (χ0) is 14.8. The summed E-state index contributed by atoms with van der Waals surface area (Å²) in [6, 6.07) is 15.2. The lowest BCUT2D eigenvalue weighted by molar-refractivity contribution is 0.414. The molecule has 0 spiro atoms. The molecular weight excluding hydrogens is 326 g/mol. The molecule has 1 aliphatic carbocycles. The number of hydrogen-bond acceptors (Lipinski definition) is 2. The Balaban J connectivity index is 1.84. The summed E-state index contributed by atoms with van der Waals surface area (Å²) >= 11 is 3.66. The van der Waals surface area contributed by atoms with Crippen molar-refractivity contribution in [2.45, 2.75) is 25.8 Å². The van der Waals surface area contributed by atoms with Crippen molar-refractivity contribution in [1.29, 1.82) is 0 Å². The zero-order valence-corrected chi connectivity index (χ0v) is 14.0. The van der Waals surface area contributed by atoms with Crippen molar-refractivity contribution in [1.82, 2.24) is 0 Å². The first-order valence-electron chi connectivity index (χ1n) is 7.34. The summed E-state index contributed by atoms with van der Waals surface area (Å²) in [6.07, 6.45) is 2.60. The first-order chi connectivity index (χ1) is 10.2. The molecule has 0 aromatic heterocycles. The number of rotatable bonds is 5. The van der Waals surface area contributed by atoms with Gasteiger partial charge in [-0.15, -0.1) is 0 Å². The van der Waals surface area contributed by atoms with E-state index in [-0.39, 0.29) is 0 Å². The highest BCUT2D eigenvalue weighted by atomic mass is 79.9. The van der Waals surface area contributed by atoms with Crippen molar-refractivity contribution in [3.05, 3.63) is 58.1 Å². The highest BCUT2D eigenvalue weighted by Gasteiger charge is 2.32. The fourth-order valence-electron chi connectivity index (χ4n) is 2.62. The second-order valence-electron chi connectivity index (χ2n) is 5.72. The van der Waals surface area contributed by atoms with Gasteiger partial charge in [0, 0.05) is 10.2 Å². The predicted molar refractivity (Wildman–Crippen MR) is 91.0 cm³/mol. The van der Waals surface area contributed by atoms with Crippen LogP contribution in [-0.2, 0) is 0 Å². The average molecular weight is 346 g/mol. The Morgan fingerprint density at radius 2 is 1.86 bits per heavy atom. The number of halogens is 1. The molecular formula is C18H20BrNO. The lowest BCUT2D eigenvalue weighted by Crippen LogP contribution is -2.13. The molecule has 0 amide bonds. The Hall–Kier alpha value is -1.48. The molecule has 1 unspecified atom stereocenters. The summed E-state index contributed by atoms with van der Waals surface area (Å²) in [6.45, 7) is 2.11. The van der Waals surface area contributed by atoms with Crippen LogP contribution in [0, 0.1) is 12.8 Å². The third-order valence-corrected chi connectivity index (χ3v) is 4.66. The summed E-state index contributed by atoms with van der Waals surface area (Å²) in [4.78, 5) is 0. The largest absolute Gasteiger partial charge is 0.497 e. The van der Waals surface area contributed by atoms with Crippen molar-refractivity contribution in [3.63, 3.8) is 0 Å². The normalized spacial score (nSPS) is 15.6. The maximum absolute atomic E-state index is 5.25. The number of hydrogen-bond donors (Lipinski definition) is 1. The summed E-state index contributed by atoms with van der Waals surface area (Å²) in [5.41, 5.74) is 3.75. The fraction of sp³-hybridized carbons (Fsp3) is 0.333. The topological polar surface area (TPSA) is 21.3 Å². The highest BCUT2D eigenvalue weighted by molar-refractivity contribution is 9.10. The molecule has 3 rings (SSSR count). The van der Waals surface area contributed by atoms with E-state index in [1.165, 1.54) is 24.0 Å². The molecule has 1 saturated carbocycles. The number of nitrogens with one attached hydrogen (secondary N) is 1. The van der Waals surface area contributed by atoms with Crippen molar-refractivity contribution < 1.29 is 4.74 Å². The molecule has 0 bridgehead atoms. The van der Waals surface area contributed by atoms with Crippen LogP contribution in [-0.4, -0.2) is 7.11 Å². The zero-order valence-electron chi connectivity index (χ0n) is 12.4. The summed E-state index contributed by atoms with van der Waals surface area (Å²) in [5.74, 6) is 1.64. The van der Waals surface area contributed by atoms with Crippen LogP contribution in [0.4, 0.5) is 5.69 Å². The first-order valence-corrected chi connectivity index (χ1v) is 8.13. The average Bonchev–Trinajstić information content (AvgIpc) is 3.31. The summed E-state index contributed by atoms with van der Waals surface area (Å²) in [5, 5.41) is 3.70. The van der Waals surface area contributed by atoms with E-state index < -0.39 is 0 Å². The van der Waals surface area contributed by atoms with Crippen LogP contribution in [0.2, 0.25) is 0 Å². The van der Waals surface area contributed by atoms with E-state index >= 15 is 0 Å². The van der Waals surface area contributed by atoms with Crippen LogP contribution in [0.25, 0.3) is 0 Å². The molecule has 3 heteroatoms. The molecule has 1 fully saturated rings. The summed E-state index contributed by atoms with van der Waals surface area (Å²) < 4.78 is 6.37. The van der Waals surface area contributed by atoms with Gasteiger partial charge in [0.1, 0.15) is 5.75 Å². The molecule has 110 valence electrons. The second kappa shape index (κ2) is 6.10. The van der Waals surface area contributed by atoms with Gasteiger partial charge in [0.2, 0.25) is 0 Å². The fourth-order valence-corrected chi connectivity index (χ4v) is 3.23. The maximum atomic E-state index is 5.25. The van der Waals surface area contributed by atoms with Gasteiger partial charge in [-0.25, -0.2) is 0 Å². The first kappa shape index (κ1) is 14.5. The van der Waals surface area contributed by atoms with Crippen LogP contribution in [0.15, 0.2) is 46.9 Å². The molecule has 0 aliphatic heterocycles. The van der Waals surface area contributed by atoms with Crippen LogP contribution in [0.1, 0.15) is 30.0 Å². The van der Waals surface area contributed by atoms with Gasteiger partial charge in [0.15, 0.2) is 0 Å². The maximum Gasteiger partial charge on any atom is 0.118 e. The van der Waals surface area contributed by atoms with E-state index in [1.807, 2.05) is 12.1 Å². The third-order valence-electron chi connectivity index (χ3n) is 4.00. The van der Waals surface area contributed by atoms with Crippen LogP contribution >= 0.6 is 15.9 Å². The van der Waals surface area contributed by atoms with E-state index in [0.29, 0.717) is 6.04 Å². The van der Waals surface area contributed by atoms with E-state index in [2.05, 4.69) is 58.5 Å². The van der Waals surface area contributed by atoms with Gasteiger partial charge in [0.05, 0.1) is 13.2 Å². The van der Waals surface area contributed by atoms with E-state index in [1.54, 1.807) is 7.11 Å². The van der Waals surface area contributed by atoms with Crippen molar-refractivity contribution >= 4 is 21.6 Å². The minimum atomic E-state index is 0.370. The van der Waals surface area contributed by atoms with Gasteiger partial charge in [-0.1, -0.05) is 18.2 Å². The van der Waals surface area contributed by atoms with Gasteiger partial charge < -0.3 is 10.1 Å². The molecule has 1 N–H and O–H groups in total. The molecule has 2 aromatic carbocycles. The Labute approximate surface area is 134 Å². The monoisotopic (exact) mass is 345 g/mol. The van der Waals surface area contributed by atoms with E-state index in [0.717, 1.165) is 21.8 Å². The second-order valence-corrected chi connectivity index (χ2v) is 6.57. The van der Waals surface area contributed by atoms with Gasteiger partial charge in [-0.2, -0.15) is 0 Å². The predicted octanol–water partition coefficient (Wildman–Crippen LogP) is 5.33. The molecule has 21 heavy (non-hydrogen) atoms. The smallest absolute Gasteiger partial charge is 0.118 e. The van der Waals surface area contributed by atoms with Gasteiger partial charge >= 0.3 is 0 Å². The van der Waals surface area contributed by atoms with Crippen LogP contribution < -0.4 is 10.1 Å². The molecule has 2 aromatic rings. The minimum Gasteiger partial charge on any atom is -0.497 e. The Morgan fingerprint density at radius 3 is 2.43 bits per heavy atom. The van der Waals surface area contributed by atoms with Gasteiger partial charge in [0.25, 0.3) is 0 Å². The number of ether oxygens (including phenoxy) is 1. The Kier molecular flexibility index (Phi) is 4.20. The van der Waals surface area contributed by atoms with E-state index in [4.69, 9.17) is 4.74 Å². The van der Waals surface area contributed by atoms with Crippen molar-refractivity contribution in [2.75, 3.05) is 12.4 Å². The number of benzene rings is 2. The quantitative estimate of drug-likeness (QED) is 0.790. The Bertz CT molecular complexity index is 620. The molecule has 0 saturated heterocycles. The molecule has 0 radical (unpaired) electrons. The molecule has 1 aliphatic rings.